The standard InChI is InChI=1S/C25H26N6O/c1-17-13-23(26-3)29-18(2)22(17)14-27-25(32)24-28-16-31(30-24)15-19-9-11-21(12-10-19)20-7-5-4-6-8-20/h4-13,16H,14-15H2,1-3H3,(H,26,29)(H,27,32). The molecule has 0 spiro atoms. The first-order chi connectivity index (χ1) is 15.5. The number of anilines is 1. The Morgan fingerprint density at radius 1 is 1.00 bits per heavy atom. The molecular weight excluding hydrogens is 400 g/mol. The number of rotatable bonds is 7. The number of aromatic nitrogens is 4. The molecule has 32 heavy (non-hydrogen) atoms. The average molecular weight is 427 g/mol. The number of aryl methyl sites for hydroxylation is 2. The Kier molecular flexibility index (Phi) is 6.26. The molecule has 0 aliphatic rings. The molecule has 7 nitrogen and oxygen atoms in total. The first kappa shape index (κ1) is 21.2. The van der Waals surface area contributed by atoms with Gasteiger partial charge in [0.25, 0.3) is 5.91 Å². The minimum absolute atomic E-state index is 0.154. The van der Waals surface area contributed by atoms with Gasteiger partial charge in [0.05, 0.1) is 6.54 Å². The molecular formula is C25H26N6O. The maximum absolute atomic E-state index is 12.5. The normalized spacial score (nSPS) is 10.7. The van der Waals surface area contributed by atoms with Gasteiger partial charge in [-0.2, -0.15) is 0 Å². The van der Waals surface area contributed by atoms with Crippen LogP contribution in [0.1, 0.15) is 33.0 Å². The third kappa shape index (κ3) is 4.83. The van der Waals surface area contributed by atoms with E-state index >= 15 is 0 Å². The smallest absolute Gasteiger partial charge is 0.291 e. The summed E-state index contributed by atoms with van der Waals surface area (Å²) in [5.41, 5.74) is 6.38. The molecule has 1 amide bonds. The van der Waals surface area contributed by atoms with E-state index in [1.165, 1.54) is 5.56 Å². The summed E-state index contributed by atoms with van der Waals surface area (Å²) in [5, 5.41) is 10.3. The molecule has 0 unspecified atom stereocenters. The molecule has 2 heterocycles. The van der Waals surface area contributed by atoms with Crippen molar-refractivity contribution in [3.8, 4) is 11.1 Å². The van der Waals surface area contributed by atoms with Gasteiger partial charge >= 0.3 is 0 Å². The predicted octanol–water partition coefficient (Wildman–Crippen LogP) is 3.98. The van der Waals surface area contributed by atoms with E-state index in [-0.39, 0.29) is 11.7 Å². The van der Waals surface area contributed by atoms with Crippen molar-refractivity contribution in [1.82, 2.24) is 25.1 Å². The van der Waals surface area contributed by atoms with Gasteiger partial charge in [0.1, 0.15) is 12.1 Å². The molecule has 0 fully saturated rings. The predicted molar refractivity (Wildman–Crippen MR) is 125 cm³/mol. The number of carbonyl (C=O) groups excluding carboxylic acids is 1. The molecule has 4 aromatic rings. The summed E-state index contributed by atoms with van der Waals surface area (Å²) in [5.74, 6) is 0.660. The Morgan fingerprint density at radius 3 is 2.41 bits per heavy atom. The summed E-state index contributed by atoms with van der Waals surface area (Å²) in [7, 11) is 1.84. The highest BCUT2D eigenvalue weighted by molar-refractivity contribution is 5.90. The van der Waals surface area contributed by atoms with Gasteiger partial charge in [0.2, 0.25) is 5.82 Å². The monoisotopic (exact) mass is 426 g/mol. The fourth-order valence-corrected chi connectivity index (χ4v) is 3.60. The topological polar surface area (TPSA) is 84.7 Å². The van der Waals surface area contributed by atoms with E-state index in [0.29, 0.717) is 13.1 Å². The molecule has 0 aliphatic carbocycles. The molecule has 162 valence electrons. The third-order valence-corrected chi connectivity index (χ3v) is 5.38. The first-order valence-electron chi connectivity index (χ1n) is 10.5. The Hall–Kier alpha value is -4.00. The second kappa shape index (κ2) is 9.43. The van der Waals surface area contributed by atoms with Crippen LogP contribution in [-0.2, 0) is 13.1 Å². The van der Waals surface area contributed by atoms with Crippen molar-refractivity contribution >= 4 is 11.7 Å². The number of hydrogen-bond donors (Lipinski definition) is 2. The Balaban J connectivity index is 1.38. The minimum Gasteiger partial charge on any atom is -0.373 e. The maximum Gasteiger partial charge on any atom is 0.291 e. The van der Waals surface area contributed by atoms with E-state index in [1.807, 2.05) is 45.2 Å². The molecule has 0 bridgehead atoms. The van der Waals surface area contributed by atoms with E-state index in [9.17, 15) is 4.79 Å². The zero-order chi connectivity index (χ0) is 22.5. The molecule has 4 rings (SSSR count). The summed E-state index contributed by atoms with van der Waals surface area (Å²) < 4.78 is 1.67. The molecule has 2 aromatic carbocycles. The number of benzene rings is 2. The quantitative estimate of drug-likeness (QED) is 0.467. The van der Waals surface area contributed by atoms with E-state index < -0.39 is 0 Å². The van der Waals surface area contributed by atoms with Gasteiger partial charge in [-0.25, -0.2) is 14.6 Å². The zero-order valence-corrected chi connectivity index (χ0v) is 18.5. The summed E-state index contributed by atoms with van der Waals surface area (Å²) >= 11 is 0. The van der Waals surface area contributed by atoms with Gasteiger partial charge in [-0.15, -0.1) is 5.10 Å². The highest BCUT2D eigenvalue weighted by Gasteiger charge is 2.13. The van der Waals surface area contributed by atoms with Gasteiger partial charge in [0, 0.05) is 19.3 Å². The van der Waals surface area contributed by atoms with Crippen molar-refractivity contribution < 1.29 is 4.79 Å². The lowest BCUT2D eigenvalue weighted by molar-refractivity contribution is 0.0940. The van der Waals surface area contributed by atoms with Crippen LogP contribution in [0.15, 0.2) is 67.0 Å². The molecule has 0 aliphatic heterocycles. The van der Waals surface area contributed by atoms with Crippen LogP contribution in [0.4, 0.5) is 5.82 Å². The Bertz CT molecular complexity index is 1190. The Morgan fingerprint density at radius 2 is 1.72 bits per heavy atom. The fraction of sp³-hybridized carbons (Fsp3) is 0.200. The van der Waals surface area contributed by atoms with Crippen LogP contribution in [0, 0.1) is 13.8 Å². The zero-order valence-electron chi connectivity index (χ0n) is 18.5. The summed E-state index contributed by atoms with van der Waals surface area (Å²) in [6, 6.07) is 20.5. The van der Waals surface area contributed by atoms with Crippen molar-refractivity contribution in [3.05, 3.63) is 95.2 Å². The second-order valence-electron chi connectivity index (χ2n) is 7.65. The number of hydrogen-bond acceptors (Lipinski definition) is 5. The minimum atomic E-state index is -0.306. The lowest BCUT2D eigenvalue weighted by Gasteiger charge is -2.12. The van der Waals surface area contributed by atoms with Crippen molar-refractivity contribution in [2.75, 3.05) is 12.4 Å². The van der Waals surface area contributed by atoms with Gasteiger partial charge in [-0.1, -0.05) is 54.6 Å². The largest absolute Gasteiger partial charge is 0.373 e. The van der Waals surface area contributed by atoms with Crippen LogP contribution in [0.5, 0.6) is 0 Å². The van der Waals surface area contributed by atoms with Crippen LogP contribution < -0.4 is 10.6 Å². The third-order valence-electron chi connectivity index (χ3n) is 5.38. The van der Waals surface area contributed by atoms with Crippen LogP contribution in [-0.4, -0.2) is 32.7 Å². The molecule has 0 atom stereocenters. The number of pyridine rings is 1. The molecule has 2 N–H and O–H groups in total. The van der Waals surface area contributed by atoms with E-state index in [2.05, 4.69) is 62.1 Å². The highest BCUT2D eigenvalue weighted by Crippen LogP contribution is 2.19. The van der Waals surface area contributed by atoms with Gasteiger partial charge < -0.3 is 10.6 Å². The SMILES string of the molecule is CNc1cc(C)c(CNC(=O)c2ncn(Cc3ccc(-c4ccccc4)cc3)n2)c(C)n1. The van der Waals surface area contributed by atoms with Gasteiger partial charge in [-0.3, -0.25) is 4.79 Å². The molecule has 0 radical (unpaired) electrons. The molecule has 0 saturated carbocycles. The highest BCUT2D eigenvalue weighted by atomic mass is 16.2. The van der Waals surface area contributed by atoms with Crippen molar-refractivity contribution in [2.24, 2.45) is 0 Å². The molecule has 0 saturated heterocycles. The Labute approximate surface area is 187 Å². The van der Waals surface area contributed by atoms with Crippen LogP contribution >= 0.6 is 0 Å². The number of carbonyl (C=O) groups is 1. The van der Waals surface area contributed by atoms with E-state index in [4.69, 9.17) is 0 Å². The van der Waals surface area contributed by atoms with E-state index in [0.717, 1.165) is 33.8 Å². The summed E-state index contributed by atoms with van der Waals surface area (Å²) in [6.45, 7) is 4.87. The molecule has 7 heteroatoms. The van der Waals surface area contributed by atoms with Crippen LogP contribution in [0.2, 0.25) is 0 Å². The average Bonchev–Trinajstić information content (AvgIpc) is 3.28. The lowest BCUT2D eigenvalue weighted by atomic mass is 10.0. The molecule has 2 aromatic heterocycles. The number of nitrogens with one attached hydrogen (secondary N) is 2. The van der Waals surface area contributed by atoms with Gasteiger partial charge in [0.15, 0.2) is 0 Å². The van der Waals surface area contributed by atoms with Gasteiger partial charge in [-0.05, 0) is 47.7 Å². The van der Waals surface area contributed by atoms with Crippen LogP contribution in [0.3, 0.4) is 0 Å². The maximum atomic E-state index is 12.5. The number of nitrogens with zero attached hydrogens (tertiary/aromatic N) is 4. The van der Waals surface area contributed by atoms with E-state index in [1.54, 1.807) is 11.0 Å². The first-order valence-corrected chi connectivity index (χ1v) is 10.5. The number of amides is 1. The summed E-state index contributed by atoms with van der Waals surface area (Å²) in [6.07, 6.45) is 1.58. The van der Waals surface area contributed by atoms with Crippen molar-refractivity contribution in [3.63, 3.8) is 0 Å². The fourth-order valence-electron chi connectivity index (χ4n) is 3.60. The van der Waals surface area contributed by atoms with Crippen molar-refractivity contribution in [2.45, 2.75) is 26.9 Å². The second-order valence-corrected chi connectivity index (χ2v) is 7.65. The van der Waals surface area contributed by atoms with Crippen molar-refractivity contribution in [1.29, 1.82) is 0 Å². The summed E-state index contributed by atoms with van der Waals surface area (Å²) in [4.78, 5) is 21.2. The van der Waals surface area contributed by atoms with Crippen LogP contribution in [0.25, 0.3) is 11.1 Å². The lowest BCUT2D eigenvalue weighted by Crippen LogP contribution is -2.25.